The molecule has 5 saturated carbocycles. The van der Waals surface area contributed by atoms with Gasteiger partial charge >= 0.3 is 0 Å². The van der Waals surface area contributed by atoms with Crippen LogP contribution in [0, 0.1) is 35.0 Å². The maximum absolute atomic E-state index is 13.5. The topological polar surface area (TPSA) is 37.4 Å². The number of imide groups is 1. The molecule has 158 valence electrons. The van der Waals surface area contributed by atoms with Gasteiger partial charge in [-0.2, -0.15) is 0 Å². The highest BCUT2D eigenvalue weighted by Crippen LogP contribution is 2.77. The number of fused-ring (bicyclic) bond motifs is 5. The Hall–Kier alpha value is 0.620. The quantitative estimate of drug-likeness (QED) is 0.350. The van der Waals surface area contributed by atoms with Gasteiger partial charge in [0.05, 0.1) is 21.9 Å². The van der Waals surface area contributed by atoms with E-state index in [1.165, 1.54) is 24.2 Å². The number of nitrogens with zero attached hydrogens (tertiary/aromatic N) is 1. The number of amides is 2. The van der Waals surface area contributed by atoms with Crippen molar-refractivity contribution in [3.05, 3.63) is 10.1 Å². The molecule has 7 aliphatic rings. The van der Waals surface area contributed by atoms with Gasteiger partial charge in [0, 0.05) is 6.54 Å². The van der Waals surface area contributed by atoms with E-state index in [4.69, 9.17) is 69.6 Å². The second-order valence-electron chi connectivity index (χ2n) is 10.3. The Labute approximate surface area is 199 Å². The molecule has 6 fully saturated rings. The Kier molecular flexibility index (Phi) is 4.01. The molecule has 0 radical (unpaired) electrons. The molecule has 0 aromatic heterocycles. The normalized spacial score (nSPS) is 54.1. The molecule has 0 aromatic carbocycles. The highest BCUT2D eigenvalue weighted by Gasteiger charge is 2.87. The van der Waals surface area contributed by atoms with Gasteiger partial charge in [-0.05, 0) is 61.7 Å². The average molecular weight is 518 g/mol. The van der Waals surface area contributed by atoms with Crippen molar-refractivity contribution in [1.29, 1.82) is 0 Å². The Morgan fingerprint density at radius 2 is 1.14 bits per heavy atom. The third-order valence-electron chi connectivity index (χ3n) is 8.66. The molecule has 7 rings (SSSR count). The van der Waals surface area contributed by atoms with Crippen molar-refractivity contribution >= 4 is 81.4 Å². The Morgan fingerprint density at radius 1 is 0.759 bits per heavy atom. The summed E-state index contributed by atoms with van der Waals surface area (Å²) < 4.78 is -1.86. The second kappa shape index (κ2) is 5.75. The van der Waals surface area contributed by atoms with Gasteiger partial charge in [0.25, 0.3) is 0 Å². The molecule has 1 saturated heterocycles. The minimum atomic E-state index is -1.86. The van der Waals surface area contributed by atoms with E-state index in [1.54, 1.807) is 0 Å². The lowest BCUT2D eigenvalue weighted by atomic mass is 9.49. The fraction of sp³-hybridized carbons (Fsp3) is 0.800. The van der Waals surface area contributed by atoms with Crippen LogP contribution in [0.25, 0.3) is 0 Å². The van der Waals surface area contributed by atoms with Crippen LogP contribution in [0.3, 0.4) is 0 Å². The van der Waals surface area contributed by atoms with Crippen molar-refractivity contribution in [3.63, 3.8) is 0 Å². The van der Waals surface area contributed by atoms with Crippen molar-refractivity contribution < 1.29 is 9.59 Å². The first-order valence-electron chi connectivity index (χ1n) is 10.1. The molecule has 0 N–H and O–H groups in total. The monoisotopic (exact) mass is 515 g/mol. The number of rotatable bonds is 2. The molecule has 0 unspecified atom stereocenters. The van der Waals surface area contributed by atoms with E-state index in [9.17, 15) is 9.59 Å². The fourth-order valence-corrected chi connectivity index (χ4v) is 11.0. The number of halogens is 6. The van der Waals surface area contributed by atoms with Crippen LogP contribution in [-0.2, 0) is 9.59 Å². The van der Waals surface area contributed by atoms with E-state index in [1.807, 2.05) is 0 Å². The molecular formula is C20H19Cl6NO2. The summed E-state index contributed by atoms with van der Waals surface area (Å²) in [5, 5.41) is -0.0558. The lowest BCUT2D eigenvalue weighted by Crippen LogP contribution is -2.55. The third-order valence-corrected chi connectivity index (χ3v) is 12.9. The van der Waals surface area contributed by atoms with Crippen LogP contribution in [0.1, 0.15) is 38.5 Å². The van der Waals surface area contributed by atoms with E-state index in [2.05, 4.69) is 0 Å². The van der Waals surface area contributed by atoms with Gasteiger partial charge in [0.15, 0.2) is 4.33 Å². The number of likely N-dealkylation sites (tertiary alicyclic amines) is 1. The van der Waals surface area contributed by atoms with Crippen molar-refractivity contribution in [1.82, 2.24) is 4.90 Å². The molecular weight excluding hydrogens is 499 g/mol. The molecule has 6 aliphatic carbocycles. The van der Waals surface area contributed by atoms with Crippen molar-refractivity contribution in [2.45, 2.75) is 52.6 Å². The van der Waals surface area contributed by atoms with E-state index < -0.39 is 25.9 Å². The first kappa shape index (κ1) is 20.2. The summed E-state index contributed by atoms with van der Waals surface area (Å²) in [6, 6.07) is 0. The summed E-state index contributed by atoms with van der Waals surface area (Å²) in [6.07, 6.45) is 7.11. The highest BCUT2D eigenvalue weighted by atomic mass is 35.5. The number of hydrogen-bond donors (Lipinski definition) is 0. The van der Waals surface area contributed by atoms with Crippen LogP contribution in [0.5, 0.6) is 0 Å². The van der Waals surface area contributed by atoms with E-state index in [-0.39, 0.29) is 27.3 Å². The van der Waals surface area contributed by atoms with Crippen LogP contribution >= 0.6 is 69.6 Å². The van der Waals surface area contributed by atoms with Gasteiger partial charge in [-0.25, -0.2) is 0 Å². The predicted octanol–water partition coefficient (Wildman–Crippen LogP) is 5.65. The molecule has 1 heterocycles. The van der Waals surface area contributed by atoms with Crippen molar-refractivity contribution in [2.24, 2.45) is 35.0 Å². The van der Waals surface area contributed by atoms with Gasteiger partial charge in [-0.3, -0.25) is 14.5 Å². The lowest BCUT2D eigenvalue weighted by molar-refractivity contribution is -0.147. The summed E-state index contributed by atoms with van der Waals surface area (Å²) >= 11 is 39.5. The Balaban J connectivity index is 1.38. The predicted molar refractivity (Wildman–Crippen MR) is 115 cm³/mol. The van der Waals surface area contributed by atoms with E-state index in [0.717, 1.165) is 19.3 Å². The number of carbonyl (C=O) groups excluding carboxylic acids is 2. The maximum Gasteiger partial charge on any atom is 0.235 e. The van der Waals surface area contributed by atoms with Gasteiger partial charge in [0.2, 0.25) is 11.8 Å². The fourth-order valence-electron chi connectivity index (χ4n) is 8.03. The minimum absolute atomic E-state index is 0.0107. The van der Waals surface area contributed by atoms with E-state index in [0.29, 0.717) is 24.3 Å². The van der Waals surface area contributed by atoms with Crippen LogP contribution < -0.4 is 0 Å². The first-order chi connectivity index (χ1) is 13.5. The molecule has 9 heteroatoms. The Morgan fingerprint density at radius 3 is 1.52 bits per heavy atom. The first-order valence-corrected chi connectivity index (χ1v) is 12.4. The molecule has 0 aromatic rings. The summed E-state index contributed by atoms with van der Waals surface area (Å²) in [7, 11) is 0. The SMILES string of the molecule is O=C1[C@@H]2[C@H](C(=O)N1CC13CC4CC(CC(C4)C1)C3)[C@@]1(Cl)C(Cl)=C(Cl)[C@@]2(Cl)C1(Cl)Cl. The smallest absolute Gasteiger partial charge is 0.235 e. The molecule has 1 aliphatic heterocycles. The number of hydrogen-bond acceptors (Lipinski definition) is 2. The zero-order valence-electron chi connectivity index (χ0n) is 15.4. The molecule has 0 spiro atoms. The molecule has 2 amide bonds. The lowest BCUT2D eigenvalue weighted by Gasteiger charge is -2.57. The summed E-state index contributed by atoms with van der Waals surface area (Å²) in [5.41, 5.74) is 0.0107. The molecule has 4 atom stereocenters. The molecule has 3 nitrogen and oxygen atoms in total. The van der Waals surface area contributed by atoms with Gasteiger partial charge < -0.3 is 0 Å². The van der Waals surface area contributed by atoms with Crippen molar-refractivity contribution in [2.75, 3.05) is 6.54 Å². The van der Waals surface area contributed by atoms with Gasteiger partial charge in [0.1, 0.15) is 9.75 Å². The largest absolute Gasteiger partial charge is 0.281 e. The standard InChI is InChI=1S/C20H19Cl6NO2/c21-13-14(22)19(24)12-11(18(13,23)20(19,25)26)15(28)27(16(12)29)7-17-4-8-1-9(5-17)3-10(2-8)6-17/h8-12H,1-7H2/t8?,9?,10?,11-,12+,17?,18-,19-/m1/s1. The summed E-state index contributed by atoms with van der Waals surface area (Å²) in [5.74, 6) is -0.615. The summed E-state index contributed by atoms with van der Waals surface area (Å²) in [4.78, 5) is 25.0. The average Bonchev–Trinajstić information content (AvgIpc) is 2.99. The maximum atomic E-state index is 13.5. The third kappa shape index (κ3) is 2.09. The van der Waals surface area contributed by atoms with Gasteiger partial charge in [-0.1, -0.05) is 46.4 Å². The van der Waals surface area contributed by atoms with Crippen LogP contribution in [0.2, 0.25) is 0 Å². The Bertz CT molecular complexity index is 820. The van der Waals surface area contributed by atoms with Gasteiger partial charge in [-0.15, -0.1) is 23.2 Å². The zero-order valence-corrected chi connectivity index (χ0v) is 19.9. The van der Waals surface area contributed by atoms with Crippen LogP contribution in [-0.4, -0.2) is 37.3 Å². The van der Waals surface area contributed by atoms with E-state index >= 15 is 0 Å². The zero-order chi connectivity index (χ0) is 20.7. The molecule has 29 heavy (non-hydrogen) atoms. The molecule has 6 bridgehead atoms. The number of allylic oxidation sites excluding steroid dienone is 2. The minimum Gasteiger partial charge on any atom is -0.281 e. The second-order valence-corrected chi connectivity index (χ2v) is 13.5. The number of carbonyl (C=O) groups is 2. The summed E-state index contributed by atoms with van der Waals surface area (Å²) in [6.45, 7) is 0.425. The number of alkyl halides is 4. The van der Waals surface area contributed by atoms with Crippen LogP contribution in [0.4, 0.5) is 0 Å². The van der Waals surface area contributed by atoms with Crippen LogP contribution in [0.15, 0.2) is 10.1 Å². The highest BCUT2D eigenvalue weighted by molar-refractivity contribution is 6.66. The van der Waals surface area contributed by atoms with Crippen molar-refractivity contribution in [3.8, 4) is 0 Å².